The van der Waals surface area contributed by atoms with Crippen LogP contribution in [-0.2, 0) is 0 Å². The van der Waals surface area contributed by atoms with Crippen LogP contribution in [0, 0.1) is 0 Å². The summed E-state index contributed by atoms with van der Waals surface area (Å²) in [5, 5.41) is 0. The van der Waals surface area contributed by atoms with Crippen molar-refractivity contribution in [2.24, 2.45) is 0 Å². The van der Waals surface area contributed by atoms with Gasteiger partial charge in [-0.05, 0) is 26.7 Å². The third kappa shape index (κ3) is 3.77. The number of alkyl halides is 1. The van der Waals surface area contributed by atoms with Gasteiger partial charge in [-0.1, -0.05) is 13.8 Å². The van der Waals surface area contributed by atoms with Crippen molar-refractivity contribution in [3.8, 4) is 0 Å². The minimum Gasteiger partial charge on any atom is -0.297 e. The lowest BCUT2D eigenvalue weighted by atomic mass is 10.1. The second kappa shape index (κ2) is 6.73. The predicted molar refractivity (Wildman–Crippen MR) is 56.9 cm³/mol. The zero-order chi connectivity index (χ0) is 9.56. The molecule has 0 heterocycles. The van der Waals surface area contributed by atoms with E-state index in [4.69, 9.17) is 11.6 Å². The molecule has 0 aliphatic carbocycles. The Kier molecular flexibility index (Phi) is 6.87. The van der Waals surface area contributed by atoms with Crippen molar-refractivity contribution in [1.82, 2.24) is 4.90 Å². The highest BCUT2D eigenvalue weighted by Gasteiger charge is 2.16. The topological polar surface area (TPSA) is 3.24 Å². The van der Waals surface area contributed by atoms with E-state index < -0.39 is 0 Å². The molecule has 0 aliphatic rings. The smallest absolute Gasteiger partial charge is 0.0351 e. The molecule has 2 heteroatoms. The molecule has 0 unspecified atom stereocenters. The van der Waals surface area contributed by atoms with Gasteiger partial charge in [0.1, 0.15) is 0 Å². The van der Waals surface area contributed by atoms with Gasteiger partial charge in [0, 0.05) is 24.5 Å². The molecular formula is C10H22ClN. The number of rotatable bonds is 6. The quantitative estimate of drug-likeness (QED) is 0.584. The molecule has 0 aromatic rings. The van der Waals surface area contributed by atoms with Gasteiger partial charge in [0.05, 0.1) is 0 Å². The molecule has 0 amide bonds. The van der Waals surface area contributed by atoms with Gasteiger partial charge in [-0.2, -0.15) is 0 Å². The lowest BCUT2D eigenvalue weighted by Gasteiger charge is -2.33. The average molecular weight is 192 g/mol. The molecule has 0 saturated carbocycles. The summed E-state index contributed by atoms with van der Waals surface area (Å²) in [6.45, 7) is 10.00. The van der Waals surface area contributed by atoms with E-state index in [2.05, 4.69) is 32.6 Å². The van der Waals surface area contributed by atoms with Crippen molar-refractivity contribution in [3.05, 3.63) is 0 Å². The summed E-state index contributed by atoms with van der Waals surface area (Å²) in [4.78, 5) is 2.49. The molecule has 1 nitrogen and oxygen atoms in total. The van der Waals surface area contributed by atoms with Crippen LogP contribution in [0.5, 0.6) is 0 Å². The normalized spacial score (nSPS) is 12.0. The summed E-state index contributed by atoms with van der Waals surface area (Å²) in [6, 6.07) is 1.33. The largest absolute Gasteiger partial charge is 0.297 e. The monoisotopic (exact) mass is 191 g/mol. The van der Waals surface area contributed by atoms with Crippen LogP contribution in [0.2, 0.25) is 0 Å². The van der Waals surface area contributed by atoms with Crippen molar-refractivity contribution < 1.29 is 0 Å². The van der Waals surface area contributed by atoms with Crippen LogP contribution in [-0.4, -0.2) is 29.4 Å². The van der Waals surface area contributed by atoms with Crippen LogP contribution in [0.4, 0.5) is 0 Å². The van der Waals surface area contributed by atoms with Crippen LogP contribution in [0.25, 0.3) is 0 Å². The van der Waals surface area contributed by atoms with Gasteiger partial charge in [-0.3, -0.25) is 4.90 Å². The summed E-state index contributed by atoms with van der Waals surface area (Å²) in [5.41, 5.74) is 0. The molecule has 0 atom stereocenters. The Morgan fingerprint density at radius 2 is 1.67 bits per heavy atom. The van der Waals surface area contributed by atoms with E-state index in [1.54, 1.807) is 0 Å². The van der Waals surface area contributed by atoms with Gasteiger partial charge >= 0.3 is 0 Å². The Morgan fingerprint density at radius 3 is 1.92 bits per heavy atom. The van der Waals surface area contributed by atoms with Crippen molar-refractivity contribution >= 4 is 11.6 Å². The Morgan fingerprint density at radius 1 is 1.17 bits per heavy atom. The number of hydrogen-bond acceptors (Lipinski definition) is 1. The zero-order valence-corrected chi connectivity index (χ0v) is 9.56. The van der Waals surface area contributed by atoms with E-state index in [-0.39, 0.29) is 0 Å². The van der Waals surface area contributed by atoms with Crippen molar-refractivity contribution in [2.45, 2.75) is 52.6 Å². The fourth-order valence-electron chi connectivity index (χ4n) is 1.72. The molecule has 74 valence electrons. The average Bonchev–Trinajstić information content (AvgIpc) is 2.05. The molecule has 0 bridgehead atoms. The van der Waals surface area contributed by atoms with Gasteiger partial charge in [-0.25, -0.2) is 0 Å². The third-order valence-electron chi connectivity index (χ3n) is 2.42. The highest BCUT2D eigenvalue weighted by Crippen LogP contribution is 2.12. The van der Waals surface area contributed by atoms with Gasteiger partial charge in [-0.15, -0.1) is 11.6 Å². The van der Waals surface area contributed by atoms with Crippen LogP contribution in [0.15, 0.2) is 0 Å². The van der Waals surface area contributed by atoms with Gasteiger partial charge in [0.2, 0.25) is 0 Å². The molecular weight excluding hydrogens is 170 g/mol. The molecule has 0 spiro atoms. The highest BCUT2D eigenvalue weighted by atomic mass is 35.5. The standard InChI is InChI=1S/C10H22ClN/c1-5-10(6-2)12(8-7-11)9(3)4/h9-10H,5-8H2,1-4H3. The third-order valence-corrected chi connectivity index (χ3v) is 2.59. The van der Waals surface area contributed by atoms with E-state index >= 15 is 0 Å². The summed E-state index contributed by atoms with van der Waals surface area (Å²) >= 11 is 5.76. The number of hydrogen-bond donors (Lipinski definition) is 0. The molecule has 0 N–H and O–H groups in total. The van der Waals surface area contributed by atoms with E-state index in [1.807, 2.05) is 0 Å². The van der Waals surface area contributed by atoms with Crippen LogP contribution in [0.1, 0.15) is 40.5 Å². The molecule has 12 heavy (non-hydrogen) atoms. The Balaban J connectivity index is 4.05. The molecule has 0 radical (unpaired) electrons. The first-order valence-corrected chi connectivity index (χ1v) is 5.52. The molecule has 0 aliphatic heterocycles. The van der Waals surface area contributed by atoms with Crippen molar-refractivity contribution in [3.63, 3.8) is 0 Å². The maximum absolute atomic E-state index is 5.76. The van der Waals surface area contributed by atoms with E-state index in [1.165, 1.54) is 12.8 Å². The molecule has 0 aromatic carbocycles. The number of nitrogens with zero attached hydrogens (tertiary/aromatic N) is 1. The van der Waals surface area contributed by atoms with Gasteiger partial charge in [0.25, 0.3) is 0 Å². The van der Waals surface area contributed by atoms with E-state index in [9.17, 15) is 0 Å². The lowest BCUT2D eigenvalue weighted by Crippen LogP contribution is -2.41. The first-order chi connectivity index (χ1) is 5.67. The minimum absolute atomic E-state index is 0.619. The first kappa shape index (κ1) is 12.2. The fraction of sp³-hybridized carbons (Fsp3) is 1.00. The SMILES string of the molecule is CCC(CC)N(CCCl)C(C)C. The molecule has 0 saturated heterocycles. The predicted octanol–water partition coefficient (Wildman–Crippen LogP) is 3.12. The molecule has 0 rings (SSSR count). The highest BCUT2D eigenvalue weighted by molar-refractivity contribution is 6.18. The summed E-state index contributed by atoms with van der Waals surface area (Å²) < 4.78 is 0. The maximum atomic E-state index is 5.76. The Bertz CT molecular complexity index is 100. The second-order valence-corrected chi connectivity index (χ2v) is 3.87. The first-order valence-electron chi connectivity index (χ1n) is 4.99. The van der Waals surface area contributed by atoms with Crippen molar-refractivity contribution in [1.29, 1.82) is 0 Å². The van der Waals surface area contributed by atoms with Gasteiger partial charge in [0.15, 0.2) is 0 Å². The summed E-state index contributed by atoms with van der Waals surface area (Å²) in [6.07, 6.45) is 2.46. The lowest BCUT2D eigenvalue weighted by molar-refractivity contribution is 0.154. The molecule has 0 fully saturated rings. The summed E-state index contributed by atoms with van der Waals surface area (Å²) in [5.74, 6) is 0.745. The van der Waals surface area contributed by atoms with Crippen LogP contribution in [0.3, 0.4) is 0 Å². The molecule has 0 aromatic heterocycles. The van der Waals surface area contributed by atoms with E-state index in [0.717, 1.165) is 12.4 Å². The number of halogens is 1. The van der Waals surface area contributed by atoms with Crippen LogP contribution < -0.4 is 0 Å². The van der Waals surface area contributed by atoms with E-state index in [0.29, 0.717) is 12.1 Å². The van der Waals surface area contributed by atoms with Crippen LogP contribution >= 0.6 is 11.6 Å². The second-order valence-electron chi connectivity index (χ2n) is 3.49. The fourth-order valence-corrected chi connectivity index (χ4v) is 1.91. The summed E-state index contributed by atoms with van der Waals surface area (Å²) in [7, 11) is 0. The zero-order valence-electron chi connectivity index (χ0n) is 8.81. The Labute approximate surface area is 82.1 Å². The minimum atomic E-state index is 0.619. The van der Waals surface area contributed by atoms with Gasteiger partial charge < -0.3 is 0 Å². The maximum Gasteiger partial charge on any atom is 0.0351 e. The Hall–Kier alpha value is 0.250. The van der Waals surface area contributed by atoms with Crippen molar-refractivity contribution in [2.75, 3.05) is 12.4 Å².